The minimum Gasteiger partial charge on any atom is -0.350 e. The predicted molar refractivity (Wildman–Crippen MR) is 122 cm³/mol. The standard InChI is InChI=1S/C23H24N4O3S/c1-14(24-16(3)28)17-9-11-18(12-10-17)20-13-31-23(26-20)27-21(29)15(2)25-22(30)19-7-5-4-6-8-19/h4-15H,1-3H3,(H,24,28)(H,25,30)(H,26,27,29). The smallest absolute Gasteiger partial charge is 0.251 e. The summed E-state index contributed by atoms with van der Waals surface area (Å²) in [6.07, 6.45) is 0. The number of rotatable bonds is 7. The molecular formula is C23H24N4O3S. The molecule has 2 aromatic carbocycles. The molecule has 1 heterocycles. The van der Waals surface area contributed by atoms with Gasteiger partial charge >= 0.3 is 0 Å². The molecule has 0 spiro atoms. The highest BCUT2D eigenvalue weighted by Crippen LogP contribution is 2.26. The van der Waals surface area contributed by atoms with Gasteiger partial charge in [0.05, 0.1) is 11.7 Å². The van der Waals surface area contributed by atoms with Crippen molar-refractivity contribution in [3.63, 3.8) is 0 Å². The highest BCUT2D eigenvalue weighted by atomic mass is 32.1. The summed E-state index contributed by atoms with van der Waals surface area (Å²) in [5.74, 6) is -0.730. The van der Waals surface area contributed by atoms with E-state index in [0.717, 1.165) is 16.8 Å². The molecule has 31 heavy (non-hydrogen) atoms. The molecule has 8 heteroatoms. The molecule has 160 valence electrons. The number of nitrogens with zero attached hydrogens (tertiary/aromatic N) is 1. The van der Waals surface area contributed by atoms with E-state index < -0.39 is 6.04 Å². The van der Waals surface area contributed by atoms with E-state index in [1.807, 2.05) is 42.6 Å². The summed E-state index contributed by atoms with van der Waals surface area (Å²) in [6.45, 7) is 5.04. The molecule has 7 nitrogen and oxygen atoms in total. The van der Waals surface area contributed by atoms with E-state index in [-0.39, 0.29) is 23.8 Å². The number of carbonyl (C=O) groups excluding carboxylic acids is 3. The van der Waals surface area contributed by atoms with Crippen LogP contribution in [0.25, 0.3) is 11.3 Å². The highest BCUT2D eigenvalue weighted by Gasteiger charge is 2.18. The first-order chi connectivity index (χ1) is 14.8. The maximum Gasteiger partial charge on any atom is 0.251 e. The molecular weight excluding hydrogens is 412 g/mol. The van der Waals surface area contributed by atoms with E-state index in [9.17, 15) is 14.4 Å². The molecule has 3 amide bonds. The van der Waals surface area contributed by atoms with Gasteiger partial charge in [-0.2, -0.15) is 0 Å². The Hall–Kier alpha value is -3.52. The van der Waals surface area contributed by atoms with Crippen molar-refractivity contribution in [1.29, 1.82) is 0 Å². The molecule has 3 aromatic rings. The Morgan fingerprint density at radius 2 is 1.61 bits per heavy atom. The van der Waals surface area contributed by atoms with Crippen molar-refractivity contribution in [2.45, 2.75) is 32.9 Å². The number of hydrogen-bond donors (Lipinski definition) is 3. The van der Waals surface area contributed by atoms with Crippen LogP contribution in [0.1, 0.15) is 42.7 Å². The van der Waals surface area contributed by atoms with E-state index in [1.54, 1.807) is 31.2 Å². The maximum absolute atomic E-state index is 12.4. The second-order valence-corrected chi connectivity index (χ2v) is 7.99. The zero-order valence-electron chi connectivity index (χ0n) is 17.5. The molecule has 0 fully saturated rings. The van der Waals surface area contributed by atoms with Crippen LogP contribution in [0.15, 0.2) is 60.0 Å². The number of anilines is 1. The molecule has 2 atom stereocenters. The van der Waals surface area contributed by atoms with Crippen LogP contribution < -0.4 is 16.0 Å². The molecule has 0 saturated carbocycles. The molecule has 0 aliphatic carbocycles. The van der Waals surface area contributed by atoms with Gasteiger partial charge < -0.3 is 16.0 Å². The summed E-state index contributed by atoms with van der Waals surface area (Å²) in [7, 11) is 0. The molecule has 0 radical (unpaired) electrons. The fraction of sp³-hybridized carbons (Fsp3) is 0.217. The molecule has 0 saturated heterocycles. The van der Waals surface area contributed by atoms with Gasteiger partial charge in [-0.25, -0.2) is 4.98 Å². The maximum atomic E-state index is 12.4. The van der Waals surface area contributed by atoms with Gasteiger partial charge in [0.2, 0.25) is 11.8 Å². The number of benzene rings is 2. The van der Waals surface area contributed by atoms with Gasteiger partial charge in [-0.05, 0) is 31.5 Å². The lowest BCUT2D eigenvalue weighted by Crippen LogP contribution is -2.41. The van der Waals surface area contributed by atoms with E-state index in [1.165, 1.54) is 18.3 Å². The van der Waals surface area contributed by atoms with Crippen LogP contribution in [0.5, 0.6) is 0 Å². The van der Waals surface area contributed by atoms with Crippen LogP contribution in [0.4, 0.5) is 5.13 Å². The quantitative estimate of drug-likeness (QED) is 0.525. The number of nitrogens with one attached hydrogen (secondary N) is 3. The van der Waals surface area contributed by atoms with Gasteiger partial charge in [-0.3, -0.25) is 14.4 Å². The number of hydrogen-bond acceptors (Lipinski definition) is 5. The zero-order chi connectivity index (χ0) is 22.4. The molecule has 1 aromatic heterocycles. The van der Waals surface area contributed by atoms with Crippen molar-refractivity contribution in [2.24, 2.45) is 0 Å². The van der Waals surface area contributed by atoms with Crippen molar-refractivity contribution < 1.29 is 14.4 Å². The first-order valence-corrected chi connectivity index (χ1v) is 10.7. The molecule has 0 aliphatic rings. The van der Waals surface area contributed by atoms with Crippen LogP contribution in [0, 0.1) is 0 Å². The summed E-state index contributed by atoms with van der Waals surface area (Å²) in [4.78, 5) is 40.3. The second-order valence-electron chi connectivity index (χ2n) is 7.13. The molecule has 3 rings (SSSR count). The summed E-state index contributed by atoms with van der Waals surface area (Å²) < 4.78 is 0. The van der Waals surface area contributed by atoms with Crippen LogP contribution in [0.2, 0.25) is 0 Å². The van der Waals surface area contributed by atoms with Crippen LogP contribution >= 0.6 is 11.3 Å². The Morgan fingerprint density at radius 1 is 0.935 bits per heavy atom. The van der Waals surface area contributed by atoms with Gasteiger partial charge in [0.1, 0.15) is 6.04 Å². The molecule has 0 bridgehead atoms. The Bertz CT molecular complexity index is 1060. The lowest BCUT2D eigenvalue weighted by molar-refractivity contribution is -0.119. The Labute approximate surface area is 184 Å². The van der Waals surface area contributed by atoms with Crippen molar-refractivity contribution in [2.75, 3.05) is 5.32 Å². The largest absolute Gasteiger partial charge is 0.350 e. The second kappa shape index (κ2) is 9.99. The van der Waals surface area contributed by atoms with E-state index in [0.29, 0.717) is 10.7 Å². The monoisotopic (exact) mass is 436 g/mol. The molecule has 3 N–H and O–H groups in total. The summed E-state index contributed by atoms with van der Waals surface area (Å²) in [5, 5.41) is 10.6. The van der Waals surface area contributed by atoms with Gasteiger partial charge in [-0.1, -0.05) is 42.5 Å². The Kier molecular flexibility index (Phi) is 7.15. The summed E-state index contributed by atoms with van der Waals surface area (Å²) in [5.41, 5.74) is 3.13. The Morgan fingerprint density at radius 3 is 2.26 bits per heavy atom. The zero-order valence-corrected chi connectivity index (χ0v) is 18.3. The van der Waals surface area contributed by atoms with Crippen molar-refractivity contribution in [3.05, 3.63) is 71.1 Å². The average Bonchev–Trinajstić information content (AvgIpc) is 3.22. The lowest BCUT2D eigenvalue weighted by Gasteiger charge is -2.13. The Balaban J connectivity index is 1.59. The number of thiazole rings is 1. The predicted octanol–water partition coefficient (Wildman–Crippen LogP) is 3.76. The minimum atomic E-state index is -0.713. The van der Waals surface area contributed by atoms with Gasteiger partial charge in [0.25, 0.3) is 5.91 Å². The lowest BCUT2D eigenvalue weighted by atomic mass is 10.1. The third-order valence-corrected chi connectivity index (χ3v) is 5.40. The topological polar surface area (TPSA) is 100 Å². The van der Waals surface area contributed by atoms with E-state index >= 15 is 0 Å². The van der Waals surface area contributed by atoms with Crippen molar-refractivity contribution >= 4 is 34.2 Å². The third-order valence-electron chi connectivity index (χ3n) is 4.64. The van der Waals surface area contributed by atoms with Gasteiger partial charge in [0.15, 0.2) is 5.13 Å². The minimum absolute atomic E-state index is 0.0781. The van der Waals surface area contributed by atoms with Crippen molar-refractivity contribution in [1.82, 2.24) is 15.6 Å². The first kappa shape index (κ1) is 22.2. The summed E-state index contributed by atoms with van der Waals surface area (Å²) >= 11 is 1.31. The van der Waals surface area contributed by atoms with Crippen LogP contribution in [0.3, 0.4) is 0 Å². The van der Waals surface area contributed by atoms with Gasteiger partial charge in [0, 0.05) is 23.4 Å². The van der Waals surface area contributed by atoms with Crippen LogP contribution in [-0.2, 0) is 9.59 Å². The number of aromatic nitrogens is 1. The summed E-state index contributed by atoms with van der Waals surface area (Å²) in [6, 6.07) is 15.7. The normalized spacial score (nSPS) is 12.5. The number of amides is 3. The average molecular weight is 437 g/mol. The fourth-order valence-electron chi connectivity index (χ4n) is 2.94. The van der Waals surface area contributed by atoms with Gasteiger partial charge in [-0.15, -0.1) is 11.3 Å². The van der Waals surface area contributed by atoms with Crippen LogP contribution in [-0.4, -0.2) is 28.7 Å². The highest BCUT2D eigenvalue weighted by molar-refractivity contribution is 7.14. The molecule has 0 aliphatic heterocycles. The number of carbonyl (C=O) groups is 3. The molecule has 2 unspecified atom stereocenters. The van der Waals surface area contributed by atoms with Crippen molar-refractivity contribution in [3.8, 4) is 11.3 Å². The van der Waals surface area contributed by atoms with E-state index in [4.69, 9.17) is 0 Å². The van der Waals surface area contributed by atoms with E-state index in [2.05, 4.69) is 20.9 Å². The third kappa shape index (κ3) is 5.99. The first-order valence-electron chi connectivity index (χ1n) is 9.83. The SMILES string of the molecule is CC(=O)NC(C)c1ccc(-c2csc(NC(=O)C(C)NC(=O)c3ccccc3)n2)cc1. The fourth-order valence-corrected chi connectivity index (χ4v) is 3.67.